The van der Waals surface area contributed by atoms with E-state index in [4.69, 9.17) is 0 Å². The van der Waals surface area contributed by atoms with Crippen molar-refractivity contribution in [3.8, 4) is 0 Å². The molecule has 0 fully saturated rings. The Bertz CT molecular complexity index is 898. The number of carbonyl (C=O) groups is 3. The largest absolute Gasteiger partial charge is 0.480 e. The van der Waals surface area contributed by atoms with Crippen molar-refractivity contribution in [2.45, 2.75) is 25.3 Å². The summed E-state index contributed by atoms with van der Waals surface area (Å²) in [6.07, 6.45) is 0.771. The second kappa shape index (κ2) is 7.57. The first-order valence-corrected chi connectivity index (χ1v) is 8.53. The molecule has 2 aromatic carbocycles. The van der Waals surface area contributed by atoms with Gasteiger partial charge in [0.1, 0.15) is 11.9 Å². The Morgan fingerprint density at radius 2 is 1.93 bits per heavy atom. The first-order chi connectivity index (χ1) is 12.9. The van der Waals surface area contributed by atoms with Gasteiger partial charge < -0.3 is 15.3 Å². The Balaban J connectivity index is 1.87. The van der Waals surface area contributed by atoms with Crippen molar-refractivity contribution in [1.29, 1.82) is 0 Å². The second-order valence-corrected chi connectivity index (χ2v) is 6.50. The molecule has 0 saturated heterocycles. The first kappa shape index (κ1) is 18.6. The first-order valence-electron chi connectivity index (χ1n) is 8.53. The number of rotatable bonds is 5. The predicted molar refractivity (Wildman–Crippen MR) is 97.0 cm³/mol. The third kappa shape index (κ3) is 3.97. The maximum absolute atomic E-state index is 14.5. The SMILES string of the molecule is CN(C(=O)c1cc2c(cc1F)NC(=O)CC2)C(Cc1ccccc1)C(=O)O. The summed E-state index contributed by atoms with van der Waals surface area (Å²) in [5.41, 5.74) is 1.56. The fourth-order valence-electron chi connectivity index (χ4n) is 3.12. The lowest BCUT2D eigenvalue weighted by Crippen LogP contribution is -2.44. The number of carboxylic acid groups (broad SMARTS) is 1. The van der Waals surface area contributed by atoms with E-state index in [9.17, 15) is 23.9 Å². The van der Waals surface area contributed by atoms with E-state index in [0.29, 0.717) is 17.7 Å². The molecule has 0 saturated carbocycles. The maximum Gasteiger partial charge on any atom is 0.326 e. The van der Waals surface area contributed by atoms with E-state index in [1.165, 1.54) is 13.1 Å². The molecular formula is C20H19FN2O4. The number of fused-ring (bicyclic) bond motifs is 1. The lowest BCUT2D eigenvalue weighted by Gasteiger charge is -2.26. The summed E-state index contributed by atoms with van der Waals surface area (Å²) < 4.78 is 14.5. The molecule has 0 bridgehead atoms. The van der Waals surface area contributed by atoms with Crippen LogP contribution in [0.25, 0.3) is 0 Å². The van der Waals surface area contributed by atoms with Crippen LogP contribution >= 0.6 is 0 Å². The Labute approximate surface area is 155 Å². The number of likely N-dealkylation sites (N-methyl/N-ethyl adjacent to an activating group) is 1. The van der Waals surface area contributed by atoms with Crippen molar-refractivity contribution in [3.05, 3.63) is 65.0 Å². The lowest BCUT2D eigenvalue weighted by molar-refractivity contribution is -0.141. The Hall–Kier alpha value is -3.22. The van der Waals surface area contributed by atoms with Gasteiger partial charge in [-0.25, -0.2) is 9.18 Å². The highest BCUT2D eigenvalue weighted by molar-refractivity contribution is 5.99. The summed E-state index contributed by atoms with van der Waals surface area (Å²) in [6.45, 7) is 0. The van der Waals surface area contributed by atoms with Gasteiger partial charge in [-0.3, -0.25) is 9.59 Å². The Kier molecular flexibility index (Phi) is 5.21. The van der Waals surface area contributed by atoms with Crippen molar-refractivity contribution in [2.75, 3.05) is 12.4 Å². The van der Waals surface area contributed by atoms with Gasteiger partial charge in [0.25, 0.3) is 5.91 Å². The van der Waals surface area contributed by atoms with Crippen molar-refractivity contribution < 1.29 is 23.9 Å². The number of hydrogen-bond donors (Lipinski definition) is 2. The molecule has 2 N–H and O–H groups in total. The minimum atomic E-state index is -1.17. The van der Waals surface area contributed by atoms with E-state index in [2.05, 4.69) is 5.32 Å². The molecule has 0 spiro atoms. The summed E-state index contributed by atoms with van der Waals surface area (Å²) in [4.78, 5) is 37.0. The molecule has 1 aliphatic rings. The number of anilines is 1. The highest BCUT2D eigenvalue weighted by atomic mass is 19.1. The van der Waals surface area contributed by atoms with Crippen LogP contribution in [0.1, 0.15) is 27.9 Å². The lowest BCUT2D eigenvalue weighted by atomic mass is 9.98. The zero-order valence-corrected chi connectivity index (χ0v) is 14.7. The molecule has 3 rings (SSSR count). The quantitative estimate of drug-likeness (QED) is 0.847. The molecule has 1 heterocycles. The van der Waals surface area contributed by atoms with Gasteiger partial charge in [0.15, 0.2) is 0 Å². The van der Waals surface area contributed by atoms with Crippen molar-refractivity contribution in [3.63, 3.8) is 0 Å². The van der Waals surface area contributed by atoms with Crippen LogP contribution in [0.2, 0.25) is 0 Å². The standard InChI is InChI=1S/C20H19FN2O4/c1-23(17(20(26)27)9-12-5-3-2-4-6-12)19(25)14-10-13-7-8-18(24)22-16(13)11-15(14)21/h2-6,10-11,17H,7-9H2,1H3,(H,22,24)(H,26,27). The minimum absolute atomic E-state index is 0.112. The van der Waals surface area contributed by atoms with Crippen LogP contribution < -0.4 is 5.32 Å². The fourth-order valence-corrected chi connectivity index (χ4v) is 3.12. The number of carbonyl (C=O) groups excluding carboxylic acids is 2. The van der Waals surface area contributed by atoms with Gasteiger partial charge in [0.2, 0.25) is 5.91 Å². The van der Waals surface area contributed by atoms with Crippen LogP contribution in [0.4, 0.5) is 10.1 Å². The van der Waals surface area contributed by atoms with E-state index in [1.807, 2.05) is 6.07 Å². The molecule has 6 nitrogen and oxygen atoms in total. The summed E-state index contributed by atoms with van der Waals surface area (Å²) in [7, 11) is 1.35. The monoisotopic (exact) mass is 370 g/mol. The predicted octanol–water partition coefficient (Wildman–Crippen LogP) is 2.48. The molecule has 0 aromatic heterocycles. The molecule has 0 aliphatic carbocycles. The van der Waals surface area contributed by atoms with Gasteiger partial charge >= 0.3 is 5.97 Å². The highest BCUT2D eigenvalue weighted by Gasteiger charge is 2.30. The van der Waals surface area contributed by atoms with E-state index in [0.717, 1.165) is 16.5 Å². The maximum atomic E-state index is 14.5. The topological polar surface area (TPSA) is 86.7 Å². The number of carboxylic acids is 1. The molecule has 2 aromatic rings. The number of halogens is 1. The number of amides is 2. The van der Waals surface area contributed by atoms with Crippen LogP contribution in [0.3, 0.4) is 0 Å². The van der Waals surface area contributed by atoms with Crippen molar-refractivity contribution in [1.82, 2.24) is 4.90 Å². The second-order valence-electron chi connectivity index (χ2n) is 6.50. The average molecular weight is 370 g/mol. The molecule has 1 aliphatic heterocycles. The molecule has 140 valence electrons. The zero-order valence-electron chi connectivity index (χ0n) is 14.7. The van der Waals surface area contributed by atoms with Crippen LogP contribution in [0, 0.1) is 5.82 Å². The molecular weight excluding hydrogens is 351 g/mol. The van der Waals surface area contributed by atoms with Crippen LogP contribution in [-0.4, -0.2) is 40.9 Å². The van der Waals surface area contributed by atoms with Gasteiger partial charge in [-0.2, -0.15) is 0 Å². The number of hydrogen-bond acceptors (Lipinski definition) is 3. The number of nitrogens with one attached hydrogen (secondary N) is 1. The van der Waals surface area contributed by atoms with Gasteiger partial charge in [-0.05, 0) is 29.7 Å². The summed E-state index contributed by atoms with van der Waals surface area (Å²) in [6, 6.07) is 10.3. The fraction of sp³-hybridized carbons (Fsp3) is 0.250. The van der Waals surface area contributed by atoms with Gasteiger partial charge in [0.05, 0.1) is 5.56 Å². The summed E-state index contributed by atoms with van der Waals surface area (Å²) in [5.74, 6) is -2.88. The van der Waals surface area contributed by atoms with Crippen molar-refractivity contribution in [2.24, 2.45) is 0 Å². The van der Waals surface area contributed by atoms with Gasteiger partial charge in [-0.1, -0.05) is 30.3 Å². The summed E-state index contributed by atoms with van der Waals surface area (Å²) >= 11 is 0. The third-order valence-corrected chi connectivity index (χ3v) is 4.66. The molecule has 7 heteroatoms. The molecule has 1 unspecified atom stereocenters. The number of benzene rings is 2. The van der Waals surface area contributed by atoms with Gasteiger partial charge in [0, 0.05) is 25.6 Å². The van der Waals surface area contributed by atoms with Crippen LogP contribution in [0.15, 0.2) is 42.5 Å². The Morgan fingerprint density at radius 1 is 1.22 bits per heavy atom. The third-order valence-electron chi connectivity index (χ3n) is 4.66. The normalized spacial score (nSPS) is 14.1. The smallest absolute Gasteiger partial charge is 0.326 e. The van der Waals surface area contributed by atoms with Crippen LogP contribution in [-0.2, 0) is 22.4 Å². The minimum Gasteiger partial charge on any atom is -0.480 e. The van der Waals surface area contributed by atoms with E-state index in [1.54, 1.807) is 24.3 Å². The average Bonchev–Trinajstić information content (AvgIpc) is 2.65. The van der Waals surface area contributed by atoms with E-state index >= 15 is 0 Å². The van der Waals surface area contributed by atoms with E-state index < -0.39 is 23.7 Å². The molecule has 1 atom stereocenters. The zero-order chi connectivity index (χ0) is 19.6. The van der Waals surface area contributed by atoms with E-state index in [-0.39, 0.29) is 24.3 Å². The van der Waals surface area contributed by atoms with Gasteiger partial charge in [-0.15, -0.1) is 0 Å². The Morgan fingerprint density at radius 3 is 2.59 bits per heavy atom. The highest BCUT2D eigenvalue weighted by Crippen LogP contribution is 2.27. The number of nitrogens with zero attached hydrogens (tertiary/aromatic N) is 1. The number of aliphatic carboxylic acids is 1. The number of aryl methyl sites for hydroxylation is 1. The van der Waals surface area contributed by atoms with Crippen LogP contribution in [0.5, 0.6) is 0 Å². The molecule has 0 radical (unpaired) electrons. The molecule has 2 amide bonds. The van der Waals surface area contributed by atoms with Crippen molar-refractivity contribution >= 4 is 23.5 Å². The molecule has 27 heavy (non-hydrogen) atoms. The summed E-state index contributed by atoms with van der Waals surface area (Å²) in [5, 5.41) is 12.1.